The third-order valence-corrected chi connectivity index (χ3v) is 3.03. The third kappa shape index (κ3) is 6.78. The molecule has 0 bridgehead atoms. The number of halogens is 1. The van der Waals surface area contributed by atoms with Gasteiger partial charge in [-0.1, -0.05) is 31.9 Å². The molecule has 0 spiro atoms. The van der Waals surface area contributed by atoms with Crippen molar-refractivity contribution in [1.82, 2.24) is 5.32 Å². The van der Waals surface area contributed by atoms with Crippen LogP contribution in [0.2, 0.25) is 0 Å². The predicted octanol–water partition coefficient (Wildman–Crippen LogP) is 1.22. The van der Waals surface area contributed by atoms with E-state index in [4.69, 9.17) is 16.2 Å². The van der Waals surface area contributed by atoms with E-state index in [1.165, 1.54) is 0 Å². The van der Waals surface area contributed by atoms with E-state index in [0.717, 1.165) is 19.3 Å². The van der Waals surface area contributed by atoms with Gasteiger partial charge in [0.05, 0.1) is 5.56 Å². The van der Waals surface area contributed by atoms with Crippen molar-refractivity contribution in [3.8, 4) is 5.75 Å². The van der Waals surface area contributed by atoms with Crippen LogP contribution in [0.15, 0.2) is 24.3 Å². The smallest absolute Gasteiger partial charge is 0.255 e. The normalized spacial score (nSPS) is 11.2. The molecule has 0 aliphatic carbocycles. The maximum atomic E-state index is 12.3. The van der Waals surface area contributed by atoms with Crippen molar-refractivity contribution in [1.29, 1.82) is 0 Å². The number of hydrogen-bond acceptors (Lipinski definition) is 4. The van der Waals surface area contributed by atoms with Crippen molar-refractivity contribution in [3.05, 3.63) is 29.8 Å². The number of rotatable bonds is 9. The molecule has 0 radical (unpaired) electrons. The van der Waals surface area contributed by atoms with Crippen LogP contribution >= 0.6 is 12.4 Å². The molecular weight excluding hydrogens is 306 g/mol. The number of ether oxygens (including phenoxy) is 1. The lowest BCUT2D eigenvalue weighted by molar-refractivity contribution is -0.119. The van der Waals surface area contributed by atoms with Gasteiger partial charge in [-0.3, -0.25) is 9.59 Å². The Bertz CT molecular complexity index is 483. The number of nitrogens with one attached hydrogen (secondary N) is 1. The Morgan fingerprint density at radius 3 is 2.59 bits per heavy atom. The number of primary amides is 1. The molecule has 1 aromatic rings. The van der Waals surface area contributed by atoms with Gasteiger partial charge in [0.15, 0.2) is 6.61 Å². The van der Waals surface area contributed by atoms with Crippen molar-refractivity contribution in [2.75, 3.05) is 13.2 Å². The third-order valence-electron chi connectivity index (χ3n) is 3.03. The fraction of sp³-hybridized carbons (Fsp3) is 0.467. The molecule has 2 amide bonds. The molecule has 0 aromatic heterocycles. The largest absolute Gasteiger partial charge is 0.483 e. The van der Waals surface area contributed by atoms with Crippen LogP contribution in [0.1, 0.15) is 36.5 Å². The van der Waals surface area contributed by atoms with Gasteiger partial charge in [-0.25, -0.2) is 0 Å². The van der Waals surface area contributed by atoms with Gasteiger partial charge in [0.2, 0.25) is 0 Å². The minimum absolute atomic E-state index is 0. The zero-order valence-corrected chi connectivity index (χ0v) is 13.5. The highest BCUT2D eigenvalue weighted by Crippen LogP contribution is 2.18. The monoisotopic (exact) mass is 329 g/mol. The Morgan fingerprint density at radius 1 is 1.32 bits per heavy atom. The lowest BCUT2D eigenvalue weighted by Gasteiger charge is -2.17. The van der Waals surface area contributed by atoms with Crippen LogP contribution in [0.4, 0.5) is 0 Å². The highest BCUT2D eigenvalue weighted by molar-refractivity contribution is 5.97. The summed E-state index contributed by atoms with van der Waals surface area (Å²) in [6.45, 7) is 2.21. The molecule has 22 heavy (non-hydrogen) atoms. The van der Waals surface area contributed by atoms with Gasteiger partial charge in [0.1, 0.15) is 5.75 Å². The summed E-state index contributed by atoms with van der Waals surface area (Å²) in [6, 6.07) is 6.65. The van der Waals surface area contributed by atoms with Crippen molar-refractivity contribution in [3.63, 3.8) is 0 Å². The molecule has 124 valence electrons. The molecule has 6 nitrogen and oxygen atoms in total. The molecule has 7 heteroatoms. The lowest BCUT2D eigenvalue weighted by atomic mass is 10.1. The number of amides is 2. The van der Waals surface area contributed by atoms with Gasteiger partial charge in [0, 0.05) is 12.6 Å². The van der Waals surface area contributed by atoms with E-state index in [1.54, 1.807) is 24.3 Å². The summed E-state index contributed by atoms with van der Waals surface area (Å²) >= 11 is 0. The molecular formula is C15H24ClN3O3. The van der Waals surface area contributed by atoms with Crippen molar-refractivity contribution >= 4 is 24.2 Å². The van der Waals surface area contributed by atoms with Crippen LogP contribution in [0, 0.1) is 0 Å². The van der Waals surface area contributed by atoms with Crippen molar-refractivity contribution < 1.29 is 14.3 Å². The minimum Gasteiger partial charge on any atom is -0.483 e. The molecule has 1 atom stereocenters. The van der Waals surface area contributed by atoms with Gasteiger partial charge in [-0.15, -0.1) is 12.4 Å². The molecule has 1 aromatic carbocycles. The van der Waals surface area contributed by atoms with E-state index >= 15 is 0 Å². The number of hydrogen-bond donors (Lipinski definition) is 3. The van der Waals surface area contributed by atoms with Crippen LogP contribution in [-0.2, 0) is 4.79 Å². The first kappa shape index (κ1) is 20.2. The first-order valence-electron chi connectivity index (χ1n) is 7.09. The zero-order chi connectivity index (χ0) is 15.7. The molecule has 5 N–H and O–H groups in total. The fourth-order valence-corrected chi connectivity index (χ4v) is 1.89. The average molecular weight is 330 g/mol. The molecule has 1 unspecified atom stereocenters. The van der Waals surface area contributed by atoms with Crippen molar-refractivity contribution in [2.24, 2.45) is 11.5 Å². The Hall–Kier alpha value is -1.79. The summed E-state index contributed by atoms with van der Waals surface area (Å²) in [7, 11) is 0. The summed E-state index contributed by atoms with van der Waals surface area (Å²) in [5.74, 6) is -0.519. The second-order valence-electron chi connectivity index (χ2n) is 4.80. The van der Waals surface area contributed by atoms with Gasteiger partial charge in [0.25, 0.3) is 11.8 Å². The van der Waals surface area contributed by atoms with E-state index in [0.29, 0.717) is 17.9 Å². The standard InChI is InChI=1S/C15H23N3O3.ClH/c1-2-3-6-11(9-16)18-15(20)12-7-4-5-8-13(12)21-10-14(17)19;/h4-5,7-8,11H,2-3,6,9-10,16H2,1H3,(H2,17,19)(H,18,20);1H. The summed E-state index contributed by atoms with van der Waals surface area (Å²) in [4.78, 5) is 23.1. The average Bonchev–Trinajstić information content (AvgIpc) is 2.49. The van der Waals surface area contributed by atoms with Gasteiger partial charge < -0.3 is 21.5 Å². The van der Waals surface area contributed by atoms with E-state index in [1.807, 2.05) is 0 Å². The van der Waals surface area contributed by atoms with Gasteiger partial charge >= 0.3 is 0 Å². The molecule has 0 aliphatic rings. The van der Waals surface area contributed by atoms with E-state index in [-0.39, 0.29) is 31.0 Å². The number of nitrogens with two attached hydrogens (primary N) is 2. The lowest BCUT2D eigenvalue weighted by Crippen LogP contribution is -2.40. The maximum absolute atomic E-state index is 12.3. The van der Waals surface area contributed by atoms with Crippen LogP contribution < -0.4 is 21.5 Å². The summed E-state index contributed by atoms with van der Waals surface area (Å²) in [5.41, 5.74) is 11.1. The number of unbranched alkanes of at least 4 members (excludes halogenated alkanes) is 1. The van der Waals surface area contributed by atoms with E-state index in [9.17, 15) is 9.59 Å². The quantitative estimate of drug-likeness (QED) is 0.633. The maximum Gasteiger partial charge on any atom is 0.255 e. The van der Waals surface area contributed by atoms with Gasteiger partial charge in [-0.2, -0.15) is 0 Å². The van der Waals surface area contributed by atoms with Crippen LogP contribution in [-0.4, -0.2) is 31.0 Å². The molecule has 0 aliphatic heterocycles. The first-order valence-corrected chi connectivity index (χ1v) is 7.09. The van der Waals surface area contributed by atoms with E-state index < -0.39 is 5.91 Å². The highest BCUT2D eigenvalue weighted by Gasteiger charge is 2.16. The summed E-state index contributed by atoms with van der Waals surface area (Å²) < 4.78 is 5.25. The Balaban J connectivity index is 0.00000441. The van der Waals surface area contributed by atoms with E-state index in [2.05, 4.69) is 12.2 Å². The Labute approximate surface area is 137 Å². The Kier molecular flexibility index (Phi) is 9.98. The number of carbonyl (C=O) groups is 2. The number of carbonyl (C=O) groups excluding carboxylic acids is 2. The van der Waals surface area contributed by atoms with Crippen LogP contribution in [0.25, 0.3) is 0 Å². The number of benzene rings is 1. The molecule has 1 rings (SSSR count). The second kappa shape index (κ2) is 10.9. The minimum atomic E-state index is -0.590. The zero-order valence-electron chi connectivity index (χ0n) is 12.7. The molecule has 0 fully saturated rings. The number of para-hydroxylation sites is 1. The fourth-order valence-electron chi connectivity index (χ4n) is 1.89. The summed E-state index contributed by atoms with van der Waals surface area (Å²) in [5, 5.41) is 2.89. The SMILES string of the molecule is CCCCC(CN)NC(=O)c1ccccc1OCC(N)=O.Cl. The predicted molar refractivity (Wildman–Crippen MR) is 88.2 cm³/mol. The molecule has 0 saturated carbocycles. The van der Waals surface area contributed by atoms with Gasteiger partial charge in [-0.05, 0) is 18.6 Å². The van der Waals surface area contributed by atoms with Crippen LogP contribution in [0.3, 0.4) is 0 Å². The molecule has 0 heterocycles. The highest BCUT2D eigenvalue weighted by atomic mass is 35.5. The first-order chi connectivity index (χ1) is 10.1. The molecule has 0 saturated heterocycles. The Morgan fingerprint density at radius 2 is 2.00 bits per heavy atom. The van der Waals surface area contributed by atoms with Crippen LogP contribution in [0.5, 0.6) is 5.75 Å². The van der Waals surface area contributed by atoms with Crippen molar-refractivity contribution in [2.45, 2.75) is 32.2 Å². The second-order valence-corrected chi connectivity index (χ2v) is 4.80. The summed E-state index contributed by atoms with van der Waals surface area (Å²) in [6.07, 6.45) is 2.88. The topological polar surface area (TPSA) is 107 Å².